The Morgan fingerprint density at radius 3 is 2.86 bits per heavy atom. The van der Waals surface area contributed by atoms with E-state index in [0.29, 0.717) is 27.9 Å². The van der Waals surface area contributed by atoms with Crippen LogP contribution in [0.15, 0.2) is 12.1 Å². The van der Waals surface area contributed by atoms with E-state index in [0.717, 1.165) is 5.56 Å². The van der Waals surface area contributed by atoms with Crippen LogP contribution in [-0.4, -0.2) is 11.3 Å². The molecule has 0 radical (unpaired) electrons. The van der Waals surface area contributed by atoms with Crippen LogP contribution in [0.25, 0.3) is 10.9 Å². The Balaban J connectivity index is 2.91. The standard InChI is InChI=1S/C10H7ClFNO/c1-5-7-2-6(11)3-8(12)10(7)13-9(5)4-14/h2-4,13H,1H3. The first kappa shape index (κ1) is 9.21. The Kier molecular flexibility index (Phi) is 2.04. The molecule has 2 aromatic rings. The molecule has 4 heteroatoms. The summed E-state index contributed by atoms with van der Waals surface area (Å²) in [7, 11) is 0. The van der Waals surface area contributed by atoms with Gasteiger partial charge in [0.1, 0.15) is 5.82 Å². The van der Waals surface area contributed by atoms with Crippen molar-refractivity contribution in [2.24, 2.45) is 0 Å². The summed E-state index contributed by atoms with van der Waals surface area (Å²) >= 11 is 5.71. The molecule has 0 amide bonds. The zero-order valence-electron chi connectivity index (χ0n) is 7.40. The van der Waals surface area contributed by atoms with Gasteiger partial charge in [-0.1, -0.05) is 11.6 Å². The van der Waals surface area contributed by atoms with Gasteiger partial charge < -0.3 is 4.98 Å². The van der Waals surface area contributed by atoms with Gasteiger partial charge in [0.05, 0.1) is 11.2 Å². The summed E-state index contributed by atoms with van der Waals surface area (Å²) in [6.45, 7) is 1.75. The van der Waals surface area contributed by atoms with Crippen molar-refractivity contribution in [1.29, 1.82) is 0 Å². The van der Waals surface area contributed by atoms with Crippen molar-refractivity contribution < 1.29 is 9.18 Å². The topological polar surface area (TPSA) is 32.9 Å². The number of H-pyrrole nitrogens is 1. The van der Waals surface area contributed by atoms with Gasteiger partial charge in [-0.15, -0.1) is 0 Å². The van der Waals surface area contributed by atoms with Crippen molar-refractivity contribution in [3.8, 4) is 0 Å². The van der Waals surface area contributed by atoms with Gasteiger partial charge in [0.25, 0.3) is 0 Å². The molecule has 72 valence electrons. The van der Waals surface area contributed by atoms with Gasteiger partial charge in [-0.25, -0.2) is 4.39 Å². The first-order chi connectivity index (χ1) is 6.63. The zero-order valence-corrected chi connectivity index (χ0v) is 8.15. The summed E-state index contributed by atoms with van der Waals surface area (Å²) < 4.78 is 13.3. The monoisotopic (exact) mass is 211 g/mol. The number of hydrogen-bond donors (Lipinski definition) is 1. The highest BCUT2D eigenvalue weighted by atomic mass is 35.5. The third kappa shape index (κ3) is 1.21. The number of hydrogen-bond acceptors (Lipinski definition) is 1. The summed E-state index contributed by atoms with van der Waals surface area (Å²) in [6.07, 6.45) is 0.669. The third-order valence-electron chi connectivity index (χ3n) is 2.24. The van der Waals surface area contributed by atoms with Gasteiger partial charge in [0.2, 0.25) is 0 Å². The molecule has 0 aliphatic carbocycles. The number of halogens is 2. The average Bonchev–Trinajstić information content (AvgIpc) is 2.44. The molecule has 0 fully saturated rings. The van der Waals surface area contributed by atoms with E-state index >= 15 is 0 Å². The number of benzene rings is 1. The van der Waals surface area contributed by atoms with Gasteiger partial charge in [0.15, 0.2) is 6.29 Å². The molecule has 1 heterocycles. The molecule has 0 spiro atoms. The molecule has 0 aliphatic rings. The maximum Gasteiger partial charge on any atom is 0.166 e. The second-order valence-corrected chi connectivity index (χ2v) is 3.53. The molecule has 1 aromatic heterocycles. The van der Waals surface area contributed by atoms with Crippen LogP contribution in [-0.2, 0) is 0 Å². The van der Waals surface area contributed by atoms with Crippen LogP contribution in [0.1, 0.15) is 16.1 Å². The van der Waals surface area contributed by atoms with Crippen molar-refractivity contribution in [3.63, 3.8) is 0 Å². The second kappa shape index (κ2) is 3.10. The summed E-state index contributed by atoms with van der Waals surface area (Å²) in [4.78, 5) is 13.3. The maximum atomic E-state index is 13.3. The molecule has 14 heavy (non-hydrogen) atoms. The minimum atomic E-state index is -0.441. The van der Waals surface area contributed by atoms with E-state index in [4.69, 9.17) is 11.6 Å². The van der Waals surface area contributed by atoms with Crippen LogP contribution in [0.2, 0.25) is 5.02 Å². The minimum absolute atomic E-state index is 0.328. The highest BCUT2D eigenvalue weighted by molar-refractivity contribution is 6.31. The van der Waals surface area contributed by atoms with Crippen molar-refractivity contribution in [1.82, 2.24) is 4.98 Å². The molecule has 2 nitrogen and oxygen atoms in total. The molecule has 1 N–H and O–H groups in total. The van der Waals surface area contributed by atoms with Crippen molar-refractivity contribution in [2.75, 3.05) is 0 Å². The molecule has 0 bridgehead atoms. The summed E-state index contributed by atoms with van der Waals surface area (Å²) in [5, 5.41) is 0.978. The highest BCUT2D eigenvalue weighted by Crippen LogP contribution is 2.26. The number of rotatable bonds is 1. The largest absolute Gasteiger partial charge is 0.350 e. The van der Waals surface area contributed by atoms with Crippen LogP contribution >= 0.6 is 11.6 Å². The molecule has 0 aliphatic heterocycles. The van der Waals surface area contributed by atoms with Gasteiger partial charge >= 0.3 is 0 Å². The van der Waals surface area contributed by atoms with Gasteiger partial charge in [0, 0.05) is 10.4 Å². The Hall–Kier alpha value is -1.35. The number of carbonyl (C=O) groups is 1. The van der Waals surface area contributed by atoms with Crippen LogP contribution in [0.4, 0.5) is 4.39 Å². The van der Waals surface area contributed by atoms with E-state index in [1.807, 2.05) is 0 Å². The summed E-state index contributed by atoms with van der Waals surface area (Å²) in [6, 6.07) is 2.85. The molecule has 1 aromatic carbocycles. The number of carbonyl (C=O) groups excluding carboxylic acids is 1. The quantitative estimate of drug-likeness (QED) is 0.723. The average molecular weight is 212 g/mol. The van der Waals surface area contributed by atoms with E-state index in [1.165, 1.54) is 6.07 Å². The third-order valence-corrected chi connectivity index (χ3v) is 2.46. The van der Waals surface area contributed by atoms with E-state index in [-0.39, 0.29) is 0 Å². The second-order valence-electron chi connectivity index (χ2n) is 3.09. The zero-order chi connectivity index (χ0) is 10.3. The lowest BCUT2D eigenvalue weighted by atomic mass is 10.1. The Labute approximate surface area is 84.7 Å². The van der Waals surface area contributed by atoms with E-state index in [2.05, 4.69) is 4.98 Å². The maximum absolute atomic E-state index is 13.3. The van der Waals surface area contributed by atoms with Gasteiger partial charge in [-0.05, 0) is 24.6 Å². The van der Waals surface area contributed by atoms with E-state index in [1.54, 1.807) is 13.0 Å². The predicted molar refractivity (Wildman–Crippen MR) is 53.4 cm³/mol. The number of nitrogens with one attached hydrogen (secondary N) is 1. The van der Waals surface area contributed by atoms with Crippen molar-refractivity contribution in [2.45, 2.75) is 6.92 Å². The van der Waals surface area contributed by atoms with Gasteiger partial charge in [-0.3, -0.25) is 4.79 Å². The highest BCUT2D eigenvalue weighted by Gasteiger charge is 2.11. The lowest BCUT2D eigenvalue weighted by molar-refractivity contribution is 0.111. The summed E-state index contributed by atoms with van der Waals surface area (Å²) in [5.41, 5.74) is 1.44. The fourth-order valence-corrected chi connectivity index (χ4v) is 1.69. The van der Waals surface area contributed by atoms with Crippen LogP contribution in [0.3, 0.4) is 0 Å². The fraction of sp³-hybridized carbons (Fsp3) is 0.100. The SMILES string of the molecule is Cc1c(C=O)[nH]c2c(F)cc(Cl)cc12. The van der Waals surface area contributed by atoms with Gasteiger partial charge in [-0.2, -0.15) is 0 Å². The van der Waals surface area contributed by atoms with E-state index in [9.17, 15) is 9.18 Å². The fourth-order valence-electron chi connectivity index (χ4n) is 1.49. The predicted octanol–water partition coefficient (Wildman–Crippen LogP) is 3.08. The number of fused-ring (bicyclic) bond motifs is 1. The molecular weight excluding hydrogens is 205 g/mol. The Morgan fingerprint density at radius 2 is 2.21 bits per heavy atom. The number of aryl methyl sites for hydroxylation is 1. The first-order valence-corrected chi connectivity index (χ1v) is 4.44. The smallest absolute Gasteiger partial charge is 0.166 e. The van der Waals surface area contributed by atoms with Crippen LogP contribution in [0.5, 0.6) is 0 Å². The molecule has 0 unspecified atom stereocenters. The molecule has 0 saturated carbocycles. The Morgan fingerprint density at radius 1 is 1.50 bits per heavy atom. The molecule has 0 saturated heterocycles. The molecular formula is C10H7ClFNO. The van der Waals surface area contributed by atoms with Crippen LogP contribution < -0.4 is 0 Å². The lowest BCUT2D eigenvalue weighted by Crippen LogP contribution is -1.80. The van der Waals surface area contributed by atoms with E-state index < -0.39 is 5.82 Å². The number of aromatic amines is 1. The summed E-state index contributed by atoms with van der Waals surface area (Å²) in [5.74, 6) is -0.441. The first-order valence-electron chi connectivity index (χ1n) is 4.06. The van der Waals surface area contributed by atoms with Crippen LogP contribution in [0, 0.1) is 12.7 Å². The Bertz CT molecular complexity index is 518. The number of aldehydes is 1. The minimum Gasteiger partial charge on any atom is -0.350 e. The number of aromatic nitrogens is 1. The van der Waals surface area contributed by atoms with Crippen molar-refractivity contribution >= 4 is 28.8 Å². The lowest BCUT2D eigenvalue weighted by Gasteiger charge is -1.94. The molecule has 0 atom stereocenters. The molecule has 2 rings (SSSR count). The normalized spacial score (nSPS) is 10.8. The van der Waals surface area contributed by atoms with Crippen molar-refractivity contribution in [3.05, 3.63) is 34.2 Å².